The molecule has 0 aliphatic heterocycles. The zero-order chi connectivity index (χ0) is 12.3. The SMILES string of the molecule is CC(=O)OCC(C)Cc1ccccc1C1CC1. The summed E-state index contributed by atoms with van der Waals surface area (Å²) in [6.07, 6.45) is 3.66. The average molecular weight is 232 g/mol. The predicted molar refractivity (Wildman–Crippen MR) is 67.9 cm³/mol. The van der Waals surface area contributed by atoms with E-state index in [-0.39, 0.29) is 5.97 Å². The van der Waals surface area contributed by atoms with E-state index in [9.17, 15) is 4.79 Å². The van der Waals surface area contributed by atoms with Gasteiger partial charge in [-0.3, -0.25) is 4.79 Å². The highest BCUT2D eigenvalue weighted by Gasteiger charge is 2.25. The first-order valence-electron chi connectivity index (χ1n) is 6.38. The molecule has 1 aromatic carbocycles. The van der Waals surface area contributed by atoms with Crippen molar-refractivity contribution < 1.29 is 9.53 Å². The Bertz CT molecular complexity index is 394. The van der Waals surface area contributed by atoms with Crippen molar-refractivity contribution in [2.75, 3.05) is 6.61 Å². The summed E-state index contributed by atoms with van der Waals surface area (Å²) in [5.74, 6) is 0.984. The molecule has 1 unspecified atom stereocenters. The van der Waals surface area contributed by atoms with Crippen LogP contribution in [-0.4, -0.2) is 12.6 Å². The van der Waals surface area contributed by atoms with Gasteiger partial charge in [-0.25, -0.2) is 0 Å². The highest BCUT2D eigenvalue weighted by Crippen LogP contribution is 2.41. The van der Waals surface area contributed by atoms with Crippen molar-refractivity contribution in [3.8, 4) is 0 Å². The molecule has 0 spiro atoms. The Morgan fingerprint density at radius 1 is 1.41 bits per heavy atom. The van der Waals surface area contributed by atoms with Crippen LogP contribution in [0.1, 0.15) is 43.7 Å². The Balaban J connectivity index is 1.95. The molecule has 17 heavy (non-hydrogen) atoms. The van der Waals surface area contributed by atoms with Crippen molar-refractivity contribution >= 4 is 5.97 Å². The van der Waals surface area contributed by atoms with E-state index in [0.717, 1.165) is 12.3 Å². The molecular weight excluding hydrogens is 212 g/mol. The Hall–Kier alpha value is -1.31. The standard InChI is InChI=1S/C15H20O2/c1-11(10-17-12(2)16)9-14-5-3-4-6-15(14)13-7-8-13/h3-6,11,13H,7-10H2,1-2H3. The van der Waals surface area contributed by atoms with Gasteiger partial charge in [-0.15, -0.1) is 0 Å². The molecule has 92 valence electrons. The molecule has 0 bridgehead atoms. The summed E-state index contributed by atoms with van der Waals surface area (Å²) in [5, 5.41) is 0. The van der Waals surface area contributed by atoms with Crippen molar-refractivity contribution in [3.05, 3.63) is 35.4 Å². The van der Waals surface area contributed by atoms with Crippen molar-refractivity contribution in [3.63, 3.8) is 0 Å². The summed E-state index contributed by atoms with van der Waals surface area (Å²) in [6, 6.07) is 8.66. The predicted octanol–water partition coefficient (Wildman–Crippen LogP) is 3.31. The fourth-order valence-electron chi connectivity index (χ4n) is 2.21. The molecule has 1 aliphatic rings. The Morgan fingerprint density at radius 2 is 2.12 bits per heavy atom. The van der Waals surface area contributed by atoms with Crippen LogP contribution in [0, 0.1) is 5.92 Å². The number of rotatable bonds is 5. The molecule has 0 heterocycles. The van der Waals surface area contributed by atoms with Crippen LogP contribution in [-0.2, 0) is 16.0 Å². The Morgan fingerprint density at radius 3 is 2.76 bits per heavy atom. The van der Waals surface area contributed by atoms with E-state index in [4.69, 9.17) is 4.74 Å². The molecule has 2 heteroatoms. The number of carbonyl (C=O) groups is 1. The third kappa shape index (κ3) is 3.58. The highest BCUT2D eigenvalue weighted by atomic mass is 16.5. The third-order valence-corrected chi connectivity index (χ3v) is 3.21. The van der Waals surface area contributed by atoms with E-state index < -0.39 is 0 Å². The minimum Gasteiger partial charge on any atom is -0.466 e. The number of esters is 1. The summed E-state index contributed by atoms with van der Waals surface area (Å²) in [7, 11) is 0. The average Bonchev–Trinajstić information content (AvgIpc) is 3.11. The number of carbonyl (C=O) groups excluding carboxylic acids is 1. The van der Waals surface area contributed by atoms with Crippen LogP contribution in [0.15, 0.2) is 24.3 Å². The zero-order valence-corrected chi connectivity index (χ0v) is 10.6. The van der Waals surface area contributed by atoms with Gasteiger partial charge in [0, 0.05) is 6.92 Å². The maximum absolute atomic E-state index is 10.8. The van der Waals surface area contributed by atoms with Gasteiger partial charge in [-0.05, 0) is 42.2 Å². The zero-order valence-electron chi connectivity index (χ0n) is 10.6. The lowest BCUT2D eigenvalue weighted by molar-refractivity contribution is -0.142. The molecule has 0 N–H and O–H groups in total. The Labute approximate surface area is 103 Å². The van der Waals surface area contributed by atoms with E-state index in [1.165, 1.54) is 30.9 Å². The van der Waals surface area contributed by atoms with E-state index >= 15 is 0 Å². The molecule has 1 aliphatic carbocycles. The minimum atomic E-state index is -0.188. The van der Waals surface area contributed by atoms with Gasteiger partial charge >= 0.3 is 5.97 Å². The molecule has 2 nitrogen and oxygen atoms in total. The highest BCUT2D eigenvalue weighted by molar-refractivity contribution is 5.65. The van der Waals surface area contributed by atoms with Crippen molar-refractivity contribution in [2.24, 2.45) is 5.92 Å². The lowest BCUT2D eigenvalue weighted by atomic mass is 9.95. The molecule has 1 fully saturated rings. The third-order valence-electron chi connectivity index (χ3n) is 3.21. The minimum absolute atomic E-state index is 0.188. The quantitative estimate of drug-likeness (QED) is 0.728. The van der Waals surface area contributed by atoms with Gasteiger partial charge in [-0.1, -0.05) is 31.2 Å². The molecule has 0 radical (unpaired) electrons. The topological polar surface area (TPSA) is 26.3 Å². The Kier molecular flexibility index (Phi) is 3.82. The molecule has 1 saturated carbocycles. The molecular formula is C15H20O2. The summed E-state index contributed by atoms with van der Waals surface area (Å²) in [6.45, 7) is 4.12. The van der Waals surface area contributed by atoms with Crippen molar-refractivity contribution in [1.29, 1.82) is 0 Å². The summed E-state index contributed by atoms with van der Waals surface area (Å²) >= 11 is 0. The normalized spacial score (nSPS) is 16.6. The van der Waals surface area contributed by atoms with Crippen LogP contribution in [0.5, 0.6) is 0 Å². The number of hydrogen-bond acceptors (Lipinski definition) is 2. The molecule has 0 aromatic heterocycles. The lowest BCUT2D eigenvalue weighted by Crippen LogP contribution is -2.12. The first kappa shape index (κ1) is 12.2. The van der Waals surface area contributed by atoms with Crippen molar-refractivity contribution in [2.45, 2.75) is 39.0 Å². The monoisotopic (exact) mass is 232 g/mol. The largest absolute Gasteiger partial charge is 0.466 e. The van der Waals surface area contributed by atoms with Crippen LogP contribution >= 0.6 is 0 Å². The second kappa shape index (κ2) is 5.35. The maximum atomic E-state index is 10.8. The van der Waals surface area contributed by atoms with E-state index in [0.29, 0.717) is 12.5 Å². The van der Waals surface area contributed by atoms with Gasteiger partial charge in [0.25, 0.3) is 0 Å². The number of ether oxygens (including phenoxy) is 1. The van der Waals surface area contributed by atoms with Crippen molar-refractivity contribution in [1.82, 2.24) is 0 Å². The lowest BCUT2D eigenvalue weighted by Gasteiger charge is -2.14. The van der Waals surface area contributed by atoms with Crippen LogP contribution in [0.2, 0.25) is 0 Å². The van der Waals surface area contributed by atoms with Gasteiger partial charge < -0.3 is 4.74 Å². The molecule has 0 saturated heterocycles. The van der Waals surface area contributed by atoms with Crippen LogP contribution in [0.4, 0.5) is 0 Å². The van der Waals surface area contributed by atoms with E-state index in [1.54, 1.807) is 0 Å². The van der Waals surface area contributed by atoms with Gasteiger partial charge in [0.1, 0.15) is 0 Å². The second-order valence-corrected chi connectivity index (χ2v) is 5.08. The smallest absolute Gasteiger partial charge is 0.302 e. The van der Waals surface area contributed by atoms with Crippen LogP contribution in [0.25, 0.3) is 0 Å². The fourth-order valence-corrected chi connectivity index (χ4v) is 2.21. The summed E-state index contributed by atoms with van der Waals surface area (Å²) in [5.41, 5.74) is 2.93. The first-order chi connectivity index (χ1) is 8.16. The van der Waals surface area contributed by atoms with Crippen LogP contribution < -0.4 is 0 Å². The molecule has 1 aromatic rings. The number of benzene rings is 1. The van der Waals surface area contributed by atoms with Gasteiger partial charge in [0.15, 0.2) is 0 Å². The van der Waals surface area contributed by atoms with Gasteiger partial charge in [0.05, 0.1) is 6.61 Å². The first-order valence-corrected chi connectivity index (χ1v) is 6.38. The van der Waals surface area contributed by atoms with Crippen LogP contribution in [0.3, 0.4) is 0 Å². The summed E-state index contributed by atoms with van der Waals surface area (Å²) in [4.78, 5) is 10.8. The van der Waals surface area contributed by atoms with E-state index in [1.807, 2.05) is 0 Å². The van der Waals surface area contributed by atoms with E-state index in [2.05, 4.69) is 31.2 Å². The number of hydrogen-bond donors (Lipinski definition) is 0. The summed E-state index contributed by atoms with van der Waals surface area (Å²) < 4.78 is 5.05. The van der Waals surface area contributed by atoms with Gasteiger partial charge in [0.2, 0.25) is 0 Å². The van der Waals surface area contributed by atoms with Gasteiger partial charge in [-0.2, -0.15) is 0 Å². The molecule has 1 atom stereocenters. The molecule has 0 amide bonds. The molecule has 2 rings (SSSR count). The fraction of sp³-hybridized carbons (Fsp3) is 0.533. The maximum Gasteiger partial charge on any atom is 0.302 e. The second-order valence-electron chi connectivity index (χ2n) is 5.08.